The molecule has 0 spiro atoms. The van der Waals surface area contributed by atoms with Gasteiger partial charge in [0, 0.05) is 11.3 Å². The average molecular weight is 245 g/mol. The zero-order chi connectivity index (χ0) is 10.9. The van der Waals surface area contributed by atoms with Gasteiger partial charge in [0.15, 0.2) is 0 Å². The molecule has 88 valence electrons. The van der Waals surface area contributed by atoms with E-state index in [-0.39, 0.29) is 0 Å². The van der Waals surface area contributed by atoms with Crippen LogP contribution in [0.15, 0.2) is 0 Å². The van der Waals surface area contributed by atoms with Crippen molar-refractivity contribution in [2.75, 3.05) is 19.6 Å². The molecule has 15 heavy (non-hydrogen) atoms. The van der Waals surface area contributed by atoms with E-state index in [1.807, 2.05) is 0 Å². The zero-order valence-corrected chi connectivity index (χ0v) is 11.6. The molecule has 2 aliphatic rings. The van der Waals surface area contributed by atoms with Crippen molar-refractivity contribution in [3.63, 3.8) is 0 Å². The fourth-order valence-electron chi connectivity index (χ4n) is 2.55. The predicted molar refractivity (Wildman–Crippen MR) is 72.5 cm³/mol. The van der Waals surface area contributed by atoms with E-state index in [0.717, 1.165) is 11.8 Å². The lowest BCUT2D eigenvalue weighted by Crippen LogP contribution is -2.40. The summed E-state index contributed by atoms with van der Waals surface area (Å²) in [7, 11) is 1.74. The summed E-state index contributed by atoms with van der Waals surface area (Å²) < 4.78 is 0.356. The summed E-state index contributed by atoms with van der Waals surface area (Å²) in [5.74, 6) is 1.91. The molecule has 1 saturated carbocycles. The number of hydrogen-bond donors (Lipinski definition) is 1. The topological polar surface area (TPSA) is 3.24 Å². The second kappa shape index (κ2) is 4.89. The van der Waals surface area contributed by atoms with Crippen molar-refractivity contribution in [3.05, 3.63) is 0 Å². The maximum Gasteiger partial charge on any atom is 0.0234 e. The molecule has 0 amide bonds. The summed E-state index contributed by atoms with van der Waals surface area (Å²) in [6, 6.07) is 0. The minimum atomic E-state index is 0.356. The third-order valence-corrected chi connectivity index (χ3v) is 6.23. The molecule has 1 saturated heterocycles. The minimum Gasteiger partial charge on any atom is -0.303 e. The normalized spacial score (nSPS) is 25.8. The van der Waals surface area contributed by atoms with Crippen molar-refractivity contribution < 1.29 is 0 Å². The number of thiol groups is 1. The molecule has 1 aliphatic heterocycles. The molecular formula is C12H23NS2. The van der Waals surface area contributed by atoms with Crippen molar-refractivity contribution in [2.24, 2.45) is 11.8 Å². The lowest BCUT2D eigenvalue weighted by molar-refractivity contribution is 0.162. The van der Waals surface area contributed by atoms with Crippen LogP contribution in [0.5, 0.6) is 0 Å². The number of piperidine rings is 1. The van der Waals surface area contributed by atoms with E-state index in [2.05, 4.69) is 30.4 Å². The van der Waals surface area contributed by atoms with E-state index in [1.165, 1.54) is 45.3 Å². The Bertz CT molecular complexity index is 206. The SMILES string of the molecule is CC(C)(SS)C1CCN(CC2CC2)CC1. The molecule has 1 aliphatic carbocycles. The Morgan fingerprint density at radius 3 is 2.27 bits per heavy atom. The summed E-state index contributed by atoms with van der Waals surface area (Å²) in [4.78, 5) is 2.67. The van der Waals surface area contributed by atoms with Crippen LogP contribution < -0.4 is 0 Å². The molecule has 0 aromatic rings. The van der Waals surface area contributed by atoms with Crippen LogP contribution in [0.2, 0.25) is 0 Å². The van der Waals surface area contributed by atoms with Gasteiger partial charge >= 0.3 is 0 Å². The highest BCUT2D eigenvalue weighted by Gasteiger charge is 2.33. The summed E-state index contributed by atoms with van der Waals surface area (Å²) in [5, 5.41) is 0. The molecule has 0 aromatic heterocycles. The van der Waals surface area contributed by atoms with E-state index in [1.54, 1.807) is 10.8 Å². The molecular weight excluding hydrogens is 222 g/mol. The largest absolute Gasteiger partial charge is 0.303 e. The molecule has 2 fully saturated rings. The van der Waals surface area contributed by atoms with Crippen LogP contribution in [0.4, 0.5) is 0 Å². The van der Waals surface area contributed by atoms with Gasteiger partial charge in [-0.05, 0) is 64.5 Å². The van der Waals surface area contributed by atoms with Crippen molar-refractivity contribution in [3.8, 4) is 0 Å². The van der Waals surface area contributed by atoms with Crippen LogP contribution in [-0.2, 0) is 0 Å². The number of hydrogen-bond acceptors (Lipinski definition) is 3. The zero-order valence-electron chi connectivity index (χ0n) is 9.91. The highest BCUT2D eigenvalue weighted by Crippen LogP contribution is 2.40. The molecule has 0 aromatic carbocycles. The molecule has 0 N–H and O–H groups in total. The van der Waals surface area contributed by atoms with Crippen molar-refractivity contribution >= 4 is 22.5 Å². The highest BCUT2D eigenvalue weighted by molar-refractivity contribution is 8.69. The van der Waals surface area contributed by atoms with Gasteiger partial charge in [0.2, 0.25) is 0 Å². The maximum atomic E-state index is 4.40. The van der Waals surface area contributed by atoms with Gasteiger partial charge in [0.05, 0.1) is 0 Å². The Balaban J connectivity index is 1.75. The fourth-order valence-corrected chi connectivity index (χ4v) is 3.38. The third kappa shape index (κ3) is 3.31. The Morgan fingerprint density at radius 2 is 1.80 bits per heavy atom. The smallest absolute Gasteiger partial charge is 0.0234 e. The summed E-state index contributed by atoms with van der Waals surface area (Å²) in [6.07, 6.45) is 5.70. The van der Waals surface area contributed by atoms with Crippen LogP contribution in [-0.4, -0.2) is 29.3 Å². The number of rotatable bonds is 4. The van der Waals surface area contributed by atoms with Crippen LogP contribution in [0.25, 0.3) is 0 Å². The Morgan fingerprint density at radius 1 is 1.20 bits per heavy atom. The second-order valence-corrected chi connectivity index (χ2v) is 7.50. The lowest BCUT2D eigenvalue weighted by atomic mass is 9.86. The van der Waals surface area contributed by atoms with Crippen molar-refractivity contribution in [1.29, 1.82) is 0 Å². The number of nitrogens with zero attached hydrogens (tertiary/aromatic N) is 1. The van der Waals surface area contributed by atoms with Crippen molar-refractivity contribution in [1.82, 2.24) is 4.90 Å². The Kier molecular flexibility index (Phi) is 3.95. The molecule has 0 atom stereocenters. The van der Waals surface area contributed by atoms with Gasteiger partial charge in [-0.1, -0.05) is 10.8 Å². The van der Waals surface area contributed by atoms with E-state index < -0.39 is 0 Å². The standard InChI is InChI=1S/C12H23NS2/c1-12(2,15-14)11-5-7-13(8-6-11)9-10-3-4-10/h10-11,14H,3-9H2,1-2H3. The second-order valence-electron chi connectivity index (χ2n) is 5.71. The van der Waals surface area contributed by atoms with Gasteiger partial charge in [-0.3, -0.25) is 0 Å². The Labute approximate surface area is 103 Å². The average Bonchev–Trinajstić information content (AvgIpc) is 3.03. The van der Waals surface area contributed by atoms with Crippen LogP contribution in [0.3, 0.4) is 0 Å². The highest BCUT2D eigenvalue weighted by atomic mass is 33.1. The predicted octanol–water partition coefficient (Wildman–Crippen LogP) is 3.47. The van der Waals surface area contributed by atoms with E-state index in [9.17, 15) is 0 Å². The molecule has 1 nitrogen and oxygen atoms in total. The maximum absolute atomic E-state index is 4.40. The van der Waals surface area contributed by atoms with Crippen LogP contribution in [0, 0.1) is 11.8 Å². The van der Waals surface area contributed by atoms with Gasteiger partial charge in [-0.25, -0.2) is 0 Å². The van der Waals surface area contributed by atoms with E-state index in [0.29, 0.717) is 4.75 Å². The first-order valence-corrected chi connectivity index (χ1v) is 8.03. The lowest BCUT2D eigenvalue weighted by Gasteiger charge is -2.39. The third-order valence-electron chi connectivity index (χ3n) is 4.02. The van der Waals surface area contributed by atoms with E-state index in [4.69, 9.17) is 0 Å². The Hall–Kier alpha value is 0.660. The van der Waals surface area contributed by atoms with Crippen molar-refractivity contribution in [2.45, 2.75) is 44.3 Å². The first kappa shape index (κ1) is 12.1. The van der Waals surface area contributed by atoms with Gasteiger partial charge < -0.3 is 4.90 Å². The first-order chi connectivity index (χ1) is 7.12. The molecule has 1 heterocycles. The van der Waals surface area contributed by atoms with Gasteiger partial charge in [-0.2, -0.15) is 0 Å². The number of likely N-dealkylation sites (tertiary alicyclic amines) is 1. The molecule has 0 bridgehead atoms. The summed E-state index contributed by atoms with van der Waals surface area (Å²) >= 11 is 4.40. The van der Waals surface area contributed by atoms with Gasteiger partial charge in [0.25, 0.3) is 0 Å². The first-order valence-electron chi connectivity index (χ1n) is 6.17. The van der Waals surface area contributed by atoms with Crippen LogP contribution in [0.1, 0.15) is 39.5 Å². The van der Waals surface area contributed by atoms with Gasteiger partial charge in [0.1, 0.15) is 0 Å². The van der Waals surface area contributed by atoms with Gasteiger partial charge in [-0.15, -0.1) is 11.7 Å². The minimum absolute atomic E-state index is 0.356. The summed E-state index contributed by atoms with van der Waals surface area (Å²) in [6.45, 7) is 8.69. The van der Waals surface area contributed by atoms with E-state index >= 15 is 0 Å². The molecule has 0 radical (unpaired) electrons. The summed E-state index contributed by atoms with van der Waals surface area (Å²) in [5.41, 5.74) is 0. The monoisotopic (exact) mass is 245 g/mol. The molecule has 0 unspecified atom stereocenters. The molecule has 2 rings (SSSR count). The van der Waals surface area contributed by atoms with Crippen LogP contribution >= 0.6 is 22.5 Å². The fraction of sp³-hybridized carbons (Fsp3) is 1.00. The molecule has 3 heteroatoms. The quantitative estimate of drug-likeness (QED) is 0.597.